The highest BCUT2D eigenvalue weighted by molar-refractivity contribution is 5.73. The van der Waals surface area contributed by atoms with E-state index in [4.69, 9.17) is 0 Å². The van der Waals surface area contributed by atoms with Crippen LogP contribution in [0.3, 0.4) is 0 Å². The van der Waals surface area contributed by atoms with E-state index in [1.807, 2.05) is 18.9 Å². The van der Waals surface area contributed by atoms with Crippen LogP contribution >= 0.6 is 0 Å². The molecule has 1 fully saturated rings. The quantitative estimate of drug-likeness (QED) is 0.644. The maximum atomic E-state index is 11.4. The van der Waals surface area contributed by atoms with E-state index in [-0.39, 0.29) is 6.03 Å². The van der Waals surface area contributed by atoms with E-state index in [0.29, 0.717) is 12.6 Å². The summed E-state index contributed by atoms with van der Waals surface area (Å²) in [4.78, 5) is 13.2. The first kappa shape index (κ1) is 10.4. The molecule has 3 heteroatoms. The molecule has 0 saturated heterocycles. The van der Waals surface area contributed by atoms with Gasteiger partial charge in [0, 0.05) is 19.6 Å². The van der Waals surface area contributed by atoms with Crippen LogP contribution in [0.5, 0.6) is 0 Å². The molecule has 1 rings (SSSR count). The number of nitrogens with zero attached hydrogens (tertiary/aromatic N) is 2. The number of rotatable bonds is 2. The highest BCUT2D eigenvalue weighted by atomic mass is 16.2. The second-order valence-corrected chi connectivity index (χ2v) is 3.66. The molecular formula is C10H19N2O. The second kappa shape index (κ2) is 5.10. The van der Waals surface area contributed by atoms with Crippen molar-refractivity contribution >= 4 is 6.03 Å². The van der Waals surface area contributed by atoms with Crippen LogP contribution in [0.4, 0.5) is 4.79 Å². The smallest absolute Gasteiger partial charge is 0.323 e. The van der Waals surface area contributed by atoms with Crippen molar-refractivity contribution in [1.82, 2.24) is 10.2 Å². The molecule has 0 unspecified atom stereocenters. The molecule has 1 aliphatic carbocycles. The normalized spacial score (nSPS) is 18.3. The van der Waals surface area contributed by atoms with Crippen molar-refractivity contribution in [3.63, 3.8) is 0 Å². The van der Waals surface area contributed by atoms with E-state index in [9.17, 15) is 4.79 Å². The summed E-state index contributed by atoms with van der Waals surface area (Å²) in [5.41, 5.74) is 0. The first-order valence-corrected chi connectivity index (χ1v) is 5.20. The predicted molar refractivity (Wildman–Crippen MR) is 52.7 cm³/mol. The molecule has 0 bridgehead atoms. The van der Waals surface area contributed by atoms with Crippen LogP contribution in [0.2, 0.25) is 0 Å². The number of carbonyl (C=O) groups excluding carboxylic acids is 1. The third-order valence-corrected chi connectivity index (χ3v) is 2.72. The van der Waals surface area contributed by atoms with Crippen LogP contribution in [-0.4, -0.2) is 30.6 Å². The zero-order valence-electron chi connectivity index (χ0n) is 8.62. The van der Waals surface area contributed by atoms with Crippen molar-refractivity contribution in [2.24, 2.45) is 0 Å². The lowest BCUT2D eigenvalue weighted by molar-refractivity contribution is 0.173. The Morgan fingerprint density at radius 2 is 2.00 bits per heavy atom. The molecule has 0 aromatic rings. The molecule has 1 aliphatic rings. The van der Waals surface area contributed by atoms with Crippen molar-refractivity contribution in [2.45, 2.75) is 45.1 Å². The largest absolute Gasteiger partial charge is 0.338 e. The van der Waals surface area contributed by atoms with Gasteiger partial charge in [0.05, 0.1) is 0 Å². The molecule has 75 valence electrons. The summed E-state index contributed by atoms with van der Waals surface area (Å²) in [6.07, 6.45) is 6.15. The highest BCUT2D eigenvalue weighted by Gasteiger charge is 2.21. The van der Waals surface area contributed by atoms with Crippen molar-refractivity contribution in [3.05, 3.63) is 0 Å². The van der Waals surface area contributed by atoms with Gasteiger partial charge in [0.25, 0.3) is 0 Å². The van der Waals surface area contributed by atoms with Crippen molar-refractivity contribution < 1.29 is 4.79 Å². The predicted octanol–water partition coefficient (Wildman–Crippen LogP) is 2.00. The number of hydrogen-bond donors (Lipinski definition) is 0. The fourth-order valence-electron chi connectivity index (χ4n) is 1.87. The molecule has 0 spiro atoms. The Balaban J connectivity index is 2.35. The molecule has 0 aromatic heterocycles. The summed E-state index contributed by atoms with van der Waals surface area (Å²) in [6, 6.07) is 0.394. The van der Waals surface area contributed by atoms with Crippen LogP contribution < -0.4 is 5.32 Å². The number of carbonyl (C=O) groups is 1. The van der Waals surface area contributed by atoms with Gasteiger partial charge in [-0.1, -0.05) is 19.3 Å². The first-order valence-electron chi connectivity index (χ1n) is 5.20. The van der Waals surface area contributed by atoms with E-state index >= 15 is 0 Å². The number of amides is 2. The van der Waals surface area contributed by atoms with Crippen LogP contribution in [-0.2, 0) is 0 Å². The van der Waals surface area contributed by atoms with Gasteiger partial charge >= 0.3 is 6.03 Å². The van der Waals surface area contributed by atoms with Crippen molar-refractivity contribution in [2.75, 3.05) is 13.6 Å². The Morgan fingerprint density at radius 1 is 1.38 bits per heavy atom. The molecule has 3 nitrogen and oxygen atoms in total. The van der Waals surface area contributed by atoms with Gasteiger partial charge < -0.3 is 4.90 Å². The van der Waals surface area contributed by atoms with Gasteiger partial charge in [0.1, 0.15) is 0 Å². The van der Waals surface area contributed by atoms with E-state index in [1.54, 1.807) is 0 Å². The molecule has 0 aromatic carbocycles. The Bertz CT molecular complexity index is 164. The van der Waals surface area contributed by atoms with Crippen LogP contribution in [0.15, 0.2) is 0 Å². The number of urea groups is 1. The summed E-state index contributed by atoms with van der Waals surface area (Å²) in [5, 5.41) is 3.89. The van der Waals surface area contributed by atoms with Crippen molar-refractivity contribution in [3.8, 4) is 0 Å². The minimum absolute atomic E-state index is 0.0469. The molecule has 13 heavy (non-hydrogen) atoms. The molecule has 0 aliphatic heterocycles. The monoisotopic (exact) mass is 183 g/mol. The van der Waals surface area contributed by atoms with Gasteiger partial charge in [-0.15, -0.1) is 0 Å². The SMILES string of the molecule is CC[N]C(=O)N(C)C1CCCCC1. The van der Waals surface area contributed by atoms with Crippen LogP contribution in [0, 0.1) is 0 Å². The topological polar surface area (TPSA) is 34.4 Å². The number of hydrogen-bond acceptors (Lipinski definition) is 1. The maximum Gasteiger partial charge on any atom is 0.338 e. The van der Waals surface area contributed by atoms with Crippen LogP contribution in [0.1, 0.15) is 39.0 Å². The van der Waals surface area contributed by atoms with Gasteiger partial charge in [-0.3, -0.25) is 0 Å². The summed E-state index contributed by atoms with van der Waals surface area (Å²) in [5.74, 6) is 0. The van der Waals surface area contributed by atoms with E-state index in [2.05, 4.69) is 5.32 Å². The minimum Gasteiger partial charge on any atom is -0.323 e. The first-order chi connectivity index (χ1) is 6.25. The third kappa shape index (κ3) is 2.90. The summed E-state index contributed by atoms with van der Waals surface area (Å²) in [7, 11) is 1.87. The molecule has 1 radical (unpaired) electrons. The third-order valence-electron chi connectivity index (χ3n) is 2.72. The van der Waals surface area contributed by atoms with Crippen molar-refractivity contribution in [1.29, 1.82) is 0 Å². The lowest BCUT2D eigenvalue weighted by Gasteiger charge is -2.30. The lowest BCUT2D eigenvalue weighted by atomic mass is 9.95. The Labute approximate surface area is 80.5 Å². The lowest BCUT2D eigenvalue weighted by Crippen LogP contribution is -2.41. The molecule has 0 N–H and O–H groups in total. The average molecular weight is 183 g/mol. The standard InChI is InChI=1S/C10H19N2O/c1-3-11-10(13)12(2)9-7-5-4-6-8-9/h9H,3-8H2,1-2H3. The van der Waals surface area contributed by atoms with Gasteiger partial charge in [-0.05, 0) is 19.8 Å². The second-order valence-electron chi connectivity index (χ2n) is 3.66. The molecular weight excluding hydrogens is 164 g/mol. The van der Waals surface area contributed by atoms with Crippen LogP contribution in [0.25, 0.3) is 0 Å². The van der Waals surface area contributed by atoms with E-state index < -0.39 is 0 Å². The molecule has 0 heterocycles. The molecule has 2 amide bonds. The Hall–Kier alpha value is -0.730. The average Bonchev–Trinajstić information content (AvgIpc) is 2.18. The molecule has 1 saturated carbocycles. The highest BCUT2D eigenvalue weighted by Crippen LogP contribution is 2.21. The van der Waals surface area contributed by atoms with Gasteiger partial charge in [-0.2, -0.15) is 0 Å². The zero-order chi connectivity index (χ0) is 9.68. The fourth-order valence-corrected chi connectivity index (χ4v) is 1.87. The van der Waals surface area contributed by atoms with Gasteiger partial charge in [0.2, 0.25) is 0 Å². The Morgan fingerprint density at radius 3 is 2.54 bits per heavy atom. The Kier molecular flexibility index (Phi) is 4.06. The van der Waals surface area contributed by atoms with Gasteiger partial charge in [-0.25, -0.2) is 10.1 Å². The summed E-state index contributed by atoms with van der Waals surface area (Å²) >= 11 is 0. The maximum absolute atomic E-state index is 11.4. The zero-order valence-corrected chi connectivity index (χ0v) is 8.62. The fraction of sp³-hybridized carbons (Fsp3) is 0.900. The minimum atomic E-state index is -0.0469. The van der Waals surface area contributed by atoms with Gasteiger partial charge in [0.15, 0.2) is 0 Å². The summed E-state index contributed by atoms with van der Waals surface area (Å²) in [6.45, 7) is 2.49. The summed E-state index contributed by atoms with van der Waals surface area (Å²) < 4.78 is 0. The molecule has 0 atom stereocenters. The van der Waals surface area contributed by atoms with E-state index in [1.165, 1.54) is 19.3 Å². The van der Waals surface area contributed by atoms with E-state index in [0.717, 1.165) is 12.8 Å².